The van der Waals surface area contributed by atoms with E-state index in [1.807, 2.05) is 19.1 Å². The van der Waals surface area contributed by atoms with Gasteiger partial charge in [0.05, 0.1) is 11.3 Å². The van der Waals surface area contributed by atoms with E-state index in [-0.39, 0.29) is 17.6 Å². The maximum Gasteiger partial charge on any atom is 0.232 e. The van der Waals surface area contributed by atoms with Crippen molar-refractivity contribution in [1.29, 1.82) is 0 Å². The maximum absolute atomic E-state index is 12.5. The number of ether oxygens (including phenoxy) is 1. The summed E-state index contributed by atoms with van der Waals surface area (Å²) in [6.07, 6.45) is 8.31. The monoisotopic (exact) mass is 283 g/mol. The minimum atomic E-state index is -0.439. The van der Waals surface area contributed by atoms with Crippen molar-refractivity contribution in [3.63, 3.8) is 0 Å². The molecule has 0 aromatic rings. The first-order chi connectivity index (χ1) is 10.1. The lowest BCUT2D eigenvalue weighted by molar-refractivity contribution is -0.139. The van der Waals surface area contributed by atoms with Crippen molar-refractivity contribution in [1.82, 2.24) is 0 Å². The van der Waals surface area contributed by atoms with Crippen molar-refractivity contribution in [2.24, 2.45) is 16.8 Å². The Hall–Kier alpha value is -2.23. The van der Waals surface area contributed by atoms with Crippen molar-refractivity contribution < 1.29 is 14.3 Å². The van der Waals surface area contributed by atoms with Gasteiger partial charge in [0.2, 0.25) is 11.6 Å². The van der Waals surface area contributed by atoms with Crippen LogP contribution in [0, 0.1) is 11.8 Å². The fourth-order valence-corrected chi connectivity index (χ4v) is 2.94. The van der Waals surface area contributed by atoms with Crippen molar-refractivity contribution in [3.05, 3.63) is 47.4 Å². The van der Waals surface area contributed by atoms with E-state index >= 15 is 0 Å². The number of rotatable bonds is 3. The van der Waals surface area contributed by atoms with Gasteiger partial charge < -0.3 is 4.74 Å². The molecule has 4 nitrogen and oxygen atoms in total. The summed E-state index contributed by atoms with van der Waals surface area (Å²) < 4.78 is 5.68. The summed E-state index contributed by atoms with van der Waals surface area (Å²) in [6.45, 7) is 6.01. The molecule has 0 fully saturated rings. The van der Waals surface area contributed by atoms with Gasteiger partial charge >= 0.3 is 0 Å². The normalized spacial score (nSPS) is 25.5. The fraction of sp³-hybridized carbons (Fsp3) is 0.353. The molecule has 108 valence electrons. The summed E-state index contributed by atoms with van der Waals surface area (Å²) in [4.78, 5) is 29.1. The highest BCUT2D eigenvalue weighted by atomic mass is 16.5. The van der Waals surface area contributed by atoms with Crippen LogP contribution < -0.4 is 0 Å². The lowest BCUT2D eigenvalue weighted by Crippen LogP contribution is -2.36. The Bertz CT molecular complexity index is 649. The molecule has 3 aliphatic rings. The highest BCUT2D eigenvalue weighted by Gasteiger charge is 2.41. The third-order valence-corrected chi connectivity index (χ3v) is 4.21. The Kier molecular flexibility index (Phi) is 3.45. The number of Topliss-reactive ketones (excluding diaryl/α,β-unsaturated/α-hetero) is 2. The Morgan fingerprint density at radius 3 is 2.95 bits per heavy atom. The number of hydrogen-bond donors (Lipinski definition) is 0. The van der Waals surface area contributed by atoms with Crippen LogP contribution in [-0.4, -0.2) is 24.4 Å². The van der Waals surface area contributed by atoms with Crippen molar-refractivity contribution >= 4 is 17.8 Å². The molecular weight excluding hydrogens is 266 g/mol. The van der Waals surface area contributed by atoms with Gasteiger partial charge in [0.1, 0.15) is 12.4 Å². The predicted molar refractivity (Wildman–Crippen MR) is 79.7 cm³/mol. The van der Waals surface area contributed by atoms with Crippen LogP contribution in [0.25, 0.3) is 0 Å². The van der Waals surface area contributed by atoms with Crippen LogP contribution >= 0.6 is 0 Å². The zero-order valence-corrected chi connectivity index (χ0v) is 12.0. The van der Waals surface area contributed by atoms with E-state index in [4.69, 9.17) is 4.74 Å². The predicted octanol–water partition coefficient (Wildman–Crippen LogP) is 2.54. The maximum atomic E-state index is 12.5. The number of fused-ring (bicyclic) bond motifs is 1. The van der Waals surface area contributed by atoms with Crippen LogP contribution in [0.2, 0.25) is 0 Å². The van der Waals surface area contributed by atoms with Gasteiger partial charge in [-0.25, -0.2) is 0 Å². The number of carbonyl (C=O) groups excluding carboxylic acids is 2. The van der Waals surface area contributed by atoms with Crippen LogP contribution in [0.3, 0.4) is 0 Å². The van der Waals surface area contributed by atoms with E-state index in [0.717, 1.165) is 11.3 Å². The summed E-state index contributed by atoms with van der Waals surface area (Å²) >= 11 is 0. The molecule has 1 aliphatic heterocycles. The largest absolute Gasteiger partial charge is 0.491 e. The average Bonchev–Trinajstić information content (AvgIpc) is 2.43. The molecular formula is C17H17NO3. The van der Waals surface area contributed by atoms with Gasteiger partial charge in [-0.3, -0.25) is 14.6 Å². The topological polar surface area (TPSA) is 55.7 Å². The second-order valence-corrected chi connectivity index (χ2v) is 5.56. The summed E-state index contributed by atoms with van der Waals surface area (Å²) in [7, 11) is 0. The lowest BCUT2D eigenvalue weighted by Gasteiger charge is -2.30. The SMILES string of the molecule is C=CCC(C)C1CC2=C(C(=O)C1=O)C1=C(C=C1)N=CCO2. The van der Waals surface area contributed by atoms with E-state index in [0.29, 0.717) is 30.8 Å². The molecule has 0 saturated carbocycles. The van der Waals surface area contributed by atoms with E-state index in [2.05, 4.69) is 11.6 Å². The van der Waals surface area contributed by atoms with Gasteiger partial charge in [-0.2, -0.15) is 0 Å². The summed E-state index contributed by atoms with van der Waals surface area (Å²) in [6, 6.07) is 0. The minimum absolute atomic E-state index is 0.0843. The van der Waals surface area contributed by atoms with Crippen molar-refractivity contribution in [2.45, 2.75) is 19.8 Å². The van der Waals surface area contributed by atoms with Crippen LogP contribution in [0.1, 0.15) is 19.8 Å². The number of ketones is 2. The Morgan fingerprint density at radius 1 is 1.48 bits per heavy atom. The molecule has 0 aromatic carbocycles. The van der Waals surface area contributed by atoms with Gasteiger partial charge in [0.15, 0.2) is 0 Å². The minimum Gasteiger partial charge on any atom is -0.491 e. The van der Waals surface area contributed by atoms with Gasteiger partial charge in [-0.1, -0.05) is 13.0 Å². The third kappa shape index (κ3) is 2.20. The number of allylic oxidation sites excluding steroid dienone is 6. The molecule has 0 N–H and O–H groups in total. The van der Waals surface area contributed by atoms with E-state index in [1.54, 1.807) is 12.3 Å². The zero-order chi connectivity index (χ0) is 15.0. The van der Waals surface area contributed by atoms with Gasteiger partial charge in [-0.15, -0.1) is 6.58 Å². The van der Waals surface area contributed by atoms with E-state index in [1.165, 1.54) is 0 Å². The Labute approximate surface area is 123 Å². The molecule has 0 amide bonds. The van der Waals surface area contributed by atoms with Crippen LogP contribution in [-0.2, 0) is 14.3 Å². The number of hydrogen-bond acceptors (Lipinski definition) is 4. The van der Waals surface area contributed by atoms with Crippen LogP contribution in [0.4, 0.5) is 0 Å². The summed E-state index contributed by atoms with van der Waals surface area (Å²) in [5.41, 5.74) is 1.90. The molecule has 0 spiro atoms. The highest BCUT2D eigenvalue weighted by molar-refractivity contribution is 6.46. The number of nitrogens with zero attached hydrogens (tertiary/aromatic N) is 1. The van der Waals surface area contributed by atoms with Gasteiger partial charge in [0, 0.05) is 24.1 Å². The van der Waals surface area contributed by atoms with Crippen LogP contribution in [0.5, 0.6) is 0 Å². The van der Waals surface area contributed by atoms with E-state index < -0.39 is 5.78 Å². The van der Waals surface area contributed by atoms with Gasteiger partial charge in [-0.05, 0) is 24.5 Å². The molecule has 1 heterocycles. The third-order valence-electron chi connectivity index (χ3n) is 4.21. The molecule has 0 radical (unpaired) electrons. The van der Waals surface area contributed by atoms with Crippen molar-refractivity contribution in [2.75, 3.05) is 6.61 Å². The highest BCUT2D eigenvalue weighted by Crippen LogP contribution is 2.39. The zero-order valence-electron chi connectivity index (χ0n) is 12.0. The van der Waals surface area contributed by atoms with Gasteiger partial charge in [0.25, 0.3) is 0 Å². The number of carbonyl (C=O) groups is 2. The molecule has 2 atom stereocenters. The summed E-state index contributed by atoms with van der Waals surface area (Å²) in [5.74, 6) is -0.363. The number of aliphatic imine (C=N–C) groups is 1. The molecule has 2 unspecified atom stereocenters. The second-order valence-electron chi connectivity index (χ2n) is 5.56. The first kappa shape index (κ1) is 13.7. The molecule has 0 saturated heterocycles. The standard InChI is InChI=1S/C17H17NO3/c1-3-4-10(2)12-9-14-15(17(20)16(12)19)11-5-6-13(11)18-7-8-21-14/h3,5-7,10,12H,1,4,8-9H2,2H3. The first-order valence-corrected chi connectivity index (χ1v) is 7.14. The van der Waals surface area contributed by atoms with Crippen LogP contribution in [0.15, 0.2) is 52.4 Å². The smallest absolute Gasteiger partial charge is 0.232 e. The lowest BCUT2D eigenvalue weighted by atomic mass is 9.75. The Morgan fingerprint density at radius 2 is 2.29 bits per heavy atom. The summed E-state index contributed by atoms with van der Waals surface area (Å²) in [5, 5.41) is 0. The first-order valence-electron chi connectivity index (χ1n) is 7.14. The van der Waals surface area contributed by atoms with Crippen molar-refractivity contribution in [3.8, 4) is 0 Å². The molecule has 4 heteroatoms. The fourth-order valence-electron chi connectivity index (χ4n) is 2.94. The average molecular weight is 283 g/mol. The molecule has 21 heavy (non-hydrogen) atoms. The molecule has 3 rings (SSSR count). The second kappa shape index (κ2) is 5.28. The Balaban J connectivity index is 1.99. The quantitative estimate of drug-likeness (QED) is 0.591. The molecule has 2 aliphatic carbocycles. The molecule has 0 aromatic heterocycles. The molecule has 0 bridgehead atoms. The van der Waals surface area contributed by atoms with E-state index in [9.17, 15) is 9.59 Å².